The Hall–Kier alpha value is -2.24. The first-order valence-corrected chi connectivity index (χ1v) is 7.23. The van der Waals surface area contributed by atoms with E-state index in [2.05, 4.69) is 0 Å². The third kappa shape index (κ3) is 3.25. The van der Waals surface area contributed by atoms with Crippen LogP contribution >= 0.6 is 23.2 Å². The molecule has 1 heterocycles. The third-order valence-electron chi connectivity index (χ3n) is 3.22. The first-order chi connectivity index (χ1) is 10.9. The maximum Gasteiger partial charge on any atom is 0.511 e. The molecule has 2 aromatic rings. The summed E-state index contributed by atoms with van der Waals surface area (Å²) in [4.78, 5) is 10.9. The maximum absolute atomic E-state index is 13.3. The molecule has 4 nitrogen and oxygen atoms in total. The van der Waals surface area contributed by atoms with Crippen molar-refractivity contribution in [3.8, 4) is 5.75 Å². The van der Waals surface area contributed by atoms with Crippen molar-refractivity contribution >= 4 is 35.4 Å². The lowest BCUT2D eigenvalue weighted by atomic mass is 10.0. The summed E-state index contributed by atoms with van der Waals surface area (Å²) in [6, 6.07) is 8.71. The van der Waals surface area contributed by atoms with Gasteiger partial charge in [-0.3, -0.25) is 0 Å². The Morgan fingerprint density at radius 1 is 1.17 bits per heavy atom. The van der Waals surface area contributed by atoms with Crippen molar-refractivity contribution in [3.05, 3.63) is 69.1 Å². The summed E-state index contributed by atoms with van der Waals surface area (Å²) in [7, 11) is 0. The van der Waals surface area contributed by atoms with Crippen LogP contribution in [0.5, 0.6) is 5.75 Å². The van der Waals surface area contributed by atoms with Crippen molar-refractivity contribution in [2.24, 2.45) is 0 Å². The van der Waals surface area contributed by atoms with E-state index in [1.807, 2.05) is 0 Å². The zero-order valence-electron chi connectivity index (χ0n) is 11.4. The fourth-order valence-electron chi connectivity index (χ4n) is 2.25. The average Bonchev–Trinajstić information content (AvgIpc) is 2.49. The molecule has 0 spiro atoms. The van der Waals surface area contributed by atoms with Crippen molar-refractivity contribution in [1.82, 2.24) is 0 Å². The van der Waals surface area contributed by atoms with Crippen LogP contribution in [-0.2, 0) is 4.74 Å². The lowest BCUT2D eigenvalue weighted by Crippen LogP contribution is -2.18. The SMILES string of the molecule is O=C(O)OC1=Cc2cc(F)ccc2OC1c1ccc(Cl)c(Cl)c1. The van der Waals surface area contributed by atoms with Gasteiger partial charge in [-0.05, 0) is 36.4 Å². The first kappa shape index (κ1) is 15.6. The Morgan fingerprint density at radius 3 is 2.65 bits per heavy atom. The van der Waals surface area contributed by atoms with Crippen molar-refractivity contribution in [2.75, 3.05) is 0 Å². The lowest BCUT2D eigenvalue weighted by Gasteiger charge is -2.26. The number of benzene rings is 2. The Kier molecular flexibility index (Phi) is 4.15. The van der Waals surface area contributed by atoms with Crippen molar-refractivity contribution in [3.63, 3.8) is 0 Å². The minimum Gasteiger partial charge on any atom is -0.477 e. The Balaban J connectivity index is 2.06. The number of rotatable bonds is 2. The molecule has 0 saturated heterocycles. The molecular weight excluding hydrogens is 346 g/mol. The van der Waals surface area contributed by atoms with Crippen LogP contribution in [0.1, 0.15) is 17.2 Å². The lowest BCUT2D eigenvalue weighted by molar-refractivity contribution is 0.0899. The van der Waals surface area contributed by atoms with Crippen molar-refractivity contribution in [1.29, 1.82) is 0 Å². The summed E-state index contributed by atoms with van der Waals surface area (Å²) in [6.07, 6.45) is -0.910. The van der Waals surface area contributed by atoms with Crippen LogP contribution in [0.3, 0.4) is 0 Å². The van der Waals surface area contributed by atoms with Gasteiger partial charge in [-0.25, -0.2) is 9.18 Å². The number of carbonyl (C=O) groups is 1. The molecule has 0 bridgehead atoms. The molecule has 1 aliphatic heterocycles. The summed E-state index contributed by atoms with van der Waals surface area (Å²) in [6.45, 7) is 0. The first-order valence-electron chi connectivity index (χ1n) is 6.47. The molecular formula is C16H9Cl2FO4. The molecule has 2 aromatic carbocycles. The van der Waals surface area contributed by atoms with Gasteiger partial charge in [-0.15, -0.1) is 0 Å². The predicted molar refractivity (Wildman–Crippen MR) is 83.3 cm³/mol. The van der Waals surface area contributed by atoms with Gasteiger partial charge in [-0.1, -0.05) is 29.3 Å². The Labute approximate surface area is 140 Å². The van der Waals surface area contributed by atoms with Gasteiger partial charge in [0.25, 0.3) is 0 Å². The molecule has 0 saturated carbocycles. The topological polar surface area (TPSA) is 55.8 Å². The molecule has 1 atom stereocenters. The molecule has 0 amide bonds. The number of carboxylic acid groups (broad SMARTS) is 1. The van der Waals surface area contributed by atoms with Crippen LogP contribution in [0.4, 0.5) is 9.18 Å². The molecule has 1 unspecified atom stereocenters. The zero-order chi connectivity index (χ0) is 16.6. The van der Waals surface area contributed by atoms with Crippen LogP contribution in [0, 0.1) is 5.82 Å². The van der Waals surface area contributed by atoms with Gasteiger partial charge in [-0.2, -0.15) is 0 Å². The van der Waals surface area contributed by atoms with E-state index in [9.17, 15) is 9.18 Å². The minimum atomic E-state index is -1.50. The number of hydrogen-bond acceptors (Lipinski definition) is 3. The normalized spacial score (nSPS) is 16.1. The molecule has 0 aliphatic carbocycles. The van der Waals surface area contributed by atoms with Crippen LogP contribution in [-0.4, -0.2) is 11.3 Å². The van der Waals surface area contributed by atoms with Crippen LogP contribution in [0.2, 0.25) is 10.0 Å². The standard InChI is InChI=1S/C16H9Cl2FO4/c17-11-3-1-8(6-12(11)18)15-14(23-16(20)21)7-9-5-10(19)2-4-13(9)22-15/h1-7,15H,(H,20,21). The van der Waals surface area contributed by atoms with E-state index in [0.717, 1.165) is 0 Å². The molecule has 1 aliphatic rings. The highest BCUT2D eigenvalue weighted by Gasteiger charge is 2.28. The Bertz CT molecular complexity index is 820. The van der Waals surface area contributed by atoms with Gasteiger partial charge in [0.1, 0.15) is 11.6 Å². The van der Waals surface area contributed by atoms with Crippen LogP contribution in [0.25, 0.3) is 6.08 Å². The number of halogens is 3. The van der Waals surface area contributed by atoms with E-state index in [4.69, 9.17) is 37.8 Å². The molecule has 23 heavy (non-hydrogen) atoms. The number of ether oxygens (including phenoxy) is 2. The van der Waals surface area contributed by atoms with Gasteiger partial charge in [0.15, 0.2) is 11.9 Å². The second kappa shape index (κ2) is 6.10. The highest BCUT2D eigenvalue weighted by Crippen LogP contribution is 2.39. The molecule has 0 fully saturated rings. The van der Waals surface area contributed by atoms with Crippen LogP contribution in [0.15, 0.2) is 42.2 Å². The second-order valence-corrected chi connectivity index (χ2v) is 5.58. The monoisotopic (exact) mass is 354 g/mol. The number of fused-ring (bicyclic) bond motifs is 1. The van der Waals surface area contributed by atoms with Gasteiger partial charge in [0, 0.05) is 11.1 Å². The zero-order valence-corrected chi connectivity index (χ0v) is 12.9. The highest BCUT2D eigenvalue weighted by atomic mass is 35.5. The summed E-state index contributed by atoms with van der Waals surface area (Å²) in [5.41, 5.74) is 0.944. The van der Waals surface area contributed by atoms with Crippen LogP contribution < -0.4 is 4.74 Å². The Morgan fingerprint density at radius 2 is 1.96 bits per heavy atom. The van der Waals surface area contributed by atoms with E-state index >= 15 is 0 Å². The van der Waals surface area contributed by atoms with Gasteiger partial charge >= 0.3 is 6.16 Å². The van der Waals surface area contributed by atoms with Crippen molar-refractivity contribution < 1.29 is 23.8 Å². The van der Waals surface area contributed by atoms with Crippen molar-refractivity contribution in [2.45, 2.75) is 6.10 Å². The van der Waals surface area contributed by atoms with Gasteiger partial charge < -0.3 is 14.6 Å². The maximum atomic E-state index is 13.3. The molecule has 0 radical (unpaired) electrons. The molecule has 0 aromatic heterocycles. The van der Waals surface area contributed by atoms with Gasteiger partial charge in [0.05, 0.1) is 10.0 Å². The van der Waals surface area contributed by atoms with E-state index in [0.29, 0.717) is 26.9 Å². The molecule has 7 heteroatoms. The molecule has 1 N–H and O–H groups in total. The quantitative estimate of drug-likeness (QED) is 0.743. The molecule has 3 rings (SSSR count). The third-order valence-corrected chi connectivity index (χ3v) is 3.96. The largest absolute Gasteiger partial charge is 0.511 e. The highest BCUT2D eigenvalue weighted by molar-refractivity contribution is 6.42. The van der Waals surface area contributed by atoms with E-state index in [1.54, 1.807) is 18.2 Å². The minimum absolute atomic E-state index is 0.00832. The second-order valence-electron chi connectivity index (χ2n) is 4.77. The summed E-state index contributed by atoms with van der Waals surface area (Å²) >= 11 is 11.9. The fraction of sp³-hybridized carbons (Fsp3) is 0.0625. The fourth-order valence-corrected chi connectivity index (χ4v) is 2.55. The summed E-state index contributed by atoms with van der Waals surface area (Å²) in [5.74, 6) is -0.0551. The summed E-state index contributed by atoms with van der Waals surface area (Å²) < 4.78 is 23.9. The molecule has 118 valence electrons. The van der Waals surface area contributed by atoms with Gasteiger partial charge in [0.2, 0.25) is 0 Å². The van der Waals surface area contributed by atoms with E-state index in [-0.39, 0.29) is 5.76 Å². The van der Waals surface area contributed by atoms with E-state index in [1.165, 1.54) is 24.3 Å². The smallest absolute Gasteiger partial charge is 0.477 e. The summed E-state index contributed by atoms with van der Waals surface area (Å²) in [5, 5.41) is 9.55. The van der Waals surface area contributed by atoms with E-state index < -0.39 is 18.1 Å². The predicted octanol–water partition coefficient (Wildman–Crippen LogP) is 5.30. The average molecular weight is 355 g/mol. The number of hydrogen-bond donors (Lipinski definition) is 1.